The van der Waals surface area contributed by atoms with E-state index in [-0.39, 0.29) is 0 Å². The van der Waals surface area contributed by atoms with Crippen molar-refractivity contribution in [2.24, 2.45) is 0 Å². The maximum absolute atomic E-state index is 8.59. The largest absolute Gasteiger partial charge is 0.328 e. The van der Waals surface area contributed by atoms with Gasteiger partial charge in [-0.2, -0.15) is 0 Å². The van der Waals surface area contributed by atoms with Crippen molar-refractivity contribution in [3.63, 3.8) is 0 Å². The van der Waals surface area contributed by atoms with Crippen molar-refractivity contribution in [3.05, 3.63) is 35.9 Å². The summed E-state index contributed by atoms with van der Waals surface area (Å²) in [5.41, 5.74) is 1.47. The second kappa shape index (κ2) is 15.1. The van der Waals surface area contributed by atoms with E-state index in [1.165, 1.54) is 69.8 Å². The summed E-state index contributed by atoms with van der Waals surface area (Å²) in [7, 11) is -2.15. The molecule has 1 rings (SSSR count). The average molecular weight is 340 g/mol. The van der Waals surface area contributed by atoms with Gasteiger partial charge in [0.1, 0.15) is 0 Å². The predicted molar refractivity (Wildman–Crippen MR) is 98.2 cm³/mol. The quantitative estimate of drug-likeness (QED) is 0.316. The van der Waals surface area contributed by atoms with E-state index in [1.54, 1.807) is 0 Å². The molecule has 132 valence electrons. The van der Waals surface area contributed by atoms with Crippen molar-refractivity contribution < 1.29 is 14.3 Å². The Bertz CT molecular complexity index is 357. The highest BCUT2D eigenvalue weighted by Crippen LogP contribution is 2.24. The van der Waals surface area contributed by atoms with E-state index >= 15 is 0 Å². The third kappa shape index (κ3) is 13.6. The van der Waals surface area contributed by atoms with Crippen molar-refractivity contribution in [2.45, 2.75) is 77.0 Å². The lowest BCUT2D eigenvalue weighted by molar-refractivity contribution is 0.248. The van der Waals surface area contributed by atoms with Crippen molar-refractivity contribution in [2.75, 3.05) is 6.61 Å². The van der Waals surface area contributed by atoms with Crippen LogP contribution in [0.25, 0.3) is 0 Å². The standard InChI is InChI=1S/C19H33O3P/c20-23(21)22-18-14-9-7-5-3-1-2-4-6-8-11-15-19-16-12-10-13-17-19/h10,12-13,16-17,20-21H,1-9,11,14-15,18H2. The Kier molecular flexibility index (Phi) is 13.5. The predicted octanol–water partition coefficient (Wildman–Crippen LogP) is 5.75. The van der Waals surface area contributed by atoms with Crippen LogP contribution >= 0.6 is 8.60 Å². The minimum Gasteiger partial charge on any atom is -0.328 e. The molecule has 0 bridgehead atoms. The summed E-state index contributed by atoms with van der Waals surface area (Å²) >= 11 is 0. The first-order valence-electron chi connectivity index (χ1n) is 9.14. The highest BCUT2D eigenvalue weighted by Gasteiger charge is 1.98. The smallest absolute Gasteiger partial charge is 0.327 e. The molecule has 1 aromatic rings. The van der Waals surface area contributed by atoms with Crippen LogP contribution in [0.5, 0.6) is 0 Å². The topological polar surface area (TPSA) is 49.7 Å². The second-order valence-electron chi connectivity index (χ2n) is 6.21. The highest BCUT2D eigenvalue weighted by atomic mass is 31.2. The Morgan fingerprint density at radius 3 is 1.65 bits per heavy atom. The van der Waals surface area contributed by atoms with E-state index in [1.807, 2.05) is 0 Å². The van der Waals surface area contributed by atoms with Gasteiger partial charge in [-0.1, -0.05) is 88.1 Å². The molecule has 0 radical (unpaired) electrons. The van der Waals surface area contributed by atoms with Crippen LogP contribution in [0.2, 0.25) is 0 Å². The highest BCUT2D eigenvalue weighted by molar-refractivity contribution is 7.39. The molecule has 3 nitrogen and oxygen atoms in total. The molecule has 2 N–H and O–H groups in total. The van der Waals surface area contributed by atoms with E-state index in [0.29, 0.717) is 6.61 Å². The van der Waals surface area contributed by atoms with Gasteiger partial charge in [0.15, 0.2) is 0 Å². The third-order valence-corrected chi connectivity index (χ3v) is 4.57. The zero-order chi connectivity index (χ0) is 16.6. The molecule has 23 heavy (non-hydrogen) atoms. The number of hydrogen-bond acceptors (Lipinski definition) is 3. The van der Waals surface area contributed by atoms with E-state index in [4.69, 9.17) is 14.3 Å². The van der Waals surface area contributed by atoms with Crippen LogP contribution in [0.3, 0.4) is 0 Å². The van der Waals surface area contributed by atoms with Gasteiger partial charge in [-0.25, -0.2) is 0 Å². The first-order valence-corrected chi connectivity index (χ1v) is 10.3. The Balaban J connectivity index is 1.73. The maximum atomic E-state index is 8.59. The lowest BCUT2D eigenvalue weighted by Gasteiger charge is -2.04. The van der Waals surface area contributed by atoms with Gasteiger partial charge in [-0.15, -0.1) is 0 Å². The summed E-state index contributed by atoms with van der Waals surface area (Å²) in [5.74, 6) is 0. The maximum Gasteiger partial charge on any atom is 0.327 e. The molecule has 0 spiro atoms. The molecule has 0 aliphatic carbocycles. The fraction of sp³-hybridized carbons (Fsp3) is 0.684. The van der Waals surface area contributed by atoms with Gasteiger partial charge in [-0.05, 0) is 24.8 Å². The zero-order valence-electron chi connectivity index (χ0n) is 14.3. The summed E-state index contributed by atoms with van der Waals surface area (Å²) in [4.78, 5) is 17.2. The number of hydrogen-bond donors (Lipinski definition) is 2. The normalized spacial score (nSPS) is 11.3. The number of rotatable bonds is 15. The van der Waals surface area contributed by atoms with Crippen LogP contribution in [-0.2, 0) is 10.9 Å². The zero-order valence-corrected chi connectivity index (χ0v) is 15.2. The Morgan fingerprint density at radius 1 is 0.652 bits per heavy atom. The molecule has 0 aliphatic rings. The first-order chi connectivity index (χ1) is 11.3. The van der Waals surface area contributed by atoms with Crippen LogP contribution in [-0.4, -0.2) is 16.4 Å². The molecule has 0 saturated heterocycles. The fourth-order valence-electron chi connectivity index (χ4n) is 2.81. The molecule has 0 heterocycles. The first kappa shape index (κ1) is 20.6. The molecule has 0 atom stereocenters. The fourth-order valence-corrected chi connectivity index (χ4v) is 3.11. The average Bonchev–Trinajstić information content (AvgIpc) is 2.56. The Morgan fingerprint density at radius 2 is 1.13 bits per heavy atom. The molecular formula is C19H33O3P. The number of benzene rings is 1. The van der Waals surface area contributed by atoms with Gasteiger partial charge < -0.3 is 14.3 Å². The molecule has 0 saturated carbocycles. The van der Waals surface area contributed by atoms with Crippen LogP contribution in [0.4, 0.5) is 0 Å². The summed E-state index contributed by atoms with van der Waals surface area (Å²) in [5, 5.41) is 0. The summed E-state index contributed by atoms with van der Waals surface area (Å²) in [6, 6.07) is 10.8. The van der Waals surface area contributed by atoms with Crippen LogP contribution in [0, 0.1) is 0 Å². The molecule has 1 aromatic carbocycles. The summed E-state index contributed by atoms with van der Waals surface area (Å²) in [6.07, 6.45) is 15.3. The van der Waals surface area contributed by atoms with Crippen molar-refractivity contribution in [1.29, 1.82) is 0 Å². The molecule has 0 aliphatic heterocycles. The van der Waals surface area contributed by atoms with Gasteiger partial charge in [0.25, 0.3) is 0 Å². The van der Waals surface area contributed by atoms with Crippen molar-refractivity contribution >= 4 is 8.60 Å². The summed E-state index contributed by atoms with van der Waals surface area (Å²) < 4.78 is 4.74. The molecule has 4 heteroatoms. The molecule has 0 amide bonds. The molecule has 0 unspecified atom stereocenters. The monoisotopic (exact) mass is 340 g/mol. The summed E-state index contributed by atoms with van der Waals surface area (Å²) in [6.45, 7) is 0.474. The Hall–Kier alpha value is -0.470. The van der Waals surface area contributed by atoms with E-state index < -0.39 is 8.60 Å². The lowest BCUT2D eigenvalue weighted by atomic mass is 10.0. The molecule has 0 aromatic heterocycles. The minimum absolute atomic E-state index is 0.474. The van der Waals surface area contributed by atoms with E-state index in [2.05, 4.69) is 30.3 Å². The Labute approximate surface area is 143 Å². The van der Waals surface area contributed by atoms with Crippen LogP contribution in [0.15, 0.2) is 30.3 Å². The number of aryl methyl sites for hydroxylation is 1. The number of unbranched alkanes of at least 4 members (excludes halogenated alkanes) is 10. The lowest BCUT2D eigenvalue weighted by Crippen LogP contribution is -1.89. The van der Waals surface area contributed by atoms with E-state index in [0.717, 1.165) is 12.8 Å². The van der Waals surface area contributed by atoms with E-state index in [9.17, 15) is 0 Å². The second-order valence-corrected chi connectivity index (χ2v) is 6.97. The SMILES string of the molecule is OP(O)OCCCCCCCCCCCCCc1ccccc1. The van der Waals surface area contributed by atoms with Crippen LogP contribution < -0.4 is 0 Å². The van der Waals surface area contributed by atoms with Gasteiger partial charge in [0.05, 0.1) is 6.61 Å². The van der Waals surface area contributed by atoms with Gasteiger partial charge in [0.2, 0.25) is 0 Å². The van der Waals surface area contributed by atoms with Gasteiger partial charge in [0, 0.05) is 0 Å². The molecular weight excluding hydrogens is 307 g/mol. The van der Waals surface area contributed by atoms with Gasteiger partial charge >= 0.3 is 8.60 Å². The third-order valence-electron chi connectivity index (χ3n) is 4.16. The molecule has 0 fully saturated rings. The van der Waals surface area contributed by atoms with Crippen LogP contribution in [0.1, 0.15) is 76.2 Å². The van der Waals surface area contributed by atoms with Gasteiger partial charge in [-0.3, -0.25) is 0 Å². The van der Waals surface area contributed by atoms with Crippen molar-refractivity contribution in [1.82, 2.24) is 0 Å². The minimum atomic E-state index is -2.15. The van der Waals surface area contributed by atoms with Crippen molar-refractivity contribution in [3.8, 4) is 0 Å².